The van der Waals surface area contributed by atoms with E-state index in [1.165, 1.54) is 0 Å². The second-order valence-corrected chi connectivity index (χ2v) is 2.34. The van der Waals surface area contributed by atoms with Crippen LogP contribution in [0.4, 0.5) is 0 Å². The lowest BCUT2D eigenvalue weighted by Crippen LogP contribution is -2.32. The maximum atomic E-state index is 4.03. The van der Waals surface area contributed by atoms with Crippen LogP contribution >= 0.6 is 0 Å². The minimum absolute atomic E-state index is 0.765. The van der Waals surface area contributed by atoms with Gasteiger partial charge in [-0.15, -0.1) is 0 Å². The van der Waals surface area contributed by atoms with E-state index in [2.05, 4.69) is 21.5 Å². The molecule has 0 spiro atoms. The van der Waals surface area contributed by atoms with Crippen molar-refractivity contribution in [1.29, 1.82) is 0 Å². The SMILES string of the molecule is C[N]CCN(C)C(/[C]=N/C)=NC. The minimum atomic E-state index is 0.765. The predicted molar refractivity (Wildman–Crippen MR) is 52.3 cm³/mol. The van der Waals surface area contributed by atoms with E-state index in [0.29, 0.717) is 0 Å². The minimum Gasteiger partial charge on any atom is -0.357 e. The molecule has 0 rings (SSSR count). The first-order valence-corrected chi connectivity index (χ1v) is 3.84. The van der Waals surface area contributed by atoms with Crippen LogP contribution < -0.4 is 5.32 Å². The van der Waals surface area contributed by atoms with Crippen molar-refractivity contribution in [1.82, 2.24) is 10.2 Å². The highest BCUT2D eigenvalue weighted by Gasteiger charge is 2.01. The monoisotopic (exact) mass is 168 g/mol. The lowest BCUT2D eigenvalue weighted by molar-refractivity contribution is 0.498. The molecule has 0 unspecified atom stereocenters. The predicted octanol–water partition coefficient (Wildman–Crippen LogP) is -0.242. The summed E-state index contributed by atoms with van der Waals surface area (Å²) in [5, 5.41) is 4.00. The fraction of sp³-hybridized carbons (Fsp3) is 0.750. The van der Waals surface area contributed by atoms with Gasteiger partial charge in [-0.25, -0.2) is 5.32 Å². The fourth-order valence-electron chi connectivity index (χ4n) is 0.762. The van der Waals surface area contributed by atoms with E-state index in [-0.39, 0.29) is 0 Å². The van der Waals surface area contributed by atoms with Crippen molar-refractivity contribution in [2.45, 2.75) is 0 Å². The van der Waals surface area contributed by atoms with Gasteiger partial charge in [0.25, 0.3) is 0 Å². The smallest absolute Gasteiger partial charge is 0.151 e. The maximum Gasteiger partial charge on any atom is 0.151 e. The van der Waals surface area contributed by atoms with Crippen molar-refractivity contribution in [3.8, 4) is 0 Å². The number of hydrogen-bond acceptors (Lipinski definition) is 2. The largest absolute Gasteiger partial charge is 0.357 e. The second kappa shape index (κ2) is 6.79. The van der Waals surface area contributed by atoms with Crippen LogP contribution in [-0.4, -0.2) is 58.2 Å². The van der Waals surface area contributed by atoms with Crippen LogP contribution in [0.25, 0.3) is 0 Å². The van der Waals surface area contributed by atoms with E-state index in [4.69, 9.17) is 0 Å². The highest BCUT2D eigenvalue weighted by atomic mass is 15.2. The number of aliphatic imine (C=N–C) groups is 2. The van der Waals surface area contributed by atoms with Gasteiger partial charge in [0, 0.05) is 41.3 Å². The third-order valence-corrected chi connectivity index (χ3v) is 1.44. The molecule has 0 aromatic carbocycles. The Morgan fingerprint density at radius 3 is 2.42 bits per heavy atom. The third kappa shape index (κ3) is 4.08. The van der Waals surface area contributed by atoms with Crippen LogP contribution in [0, 0.1) is 0 Å². The molecule has 4 nitrogen and oxygen atoms in total. The first-order valence-electron chi connectivity index (χ1n) is 3.84. The Balaban J connectivity index is 3.95. The van der Waals surface area contributed by atoms with E-state index in [9.17, 15) is 0 Å². The first kappa shape index (κ1) is 11.1. The summed E-state index contributed by atoms with van der Waals surface area (Å²) in [6.45, 7) is 1.66. The average Bonchev–Trinajstić information content (AvgIpc) is 2.10. The summed E-state index contributed by atoms with van der Waals surface area (Å²) in [7, 11) is 7.16. The van der Waals surface area contributed by atoms with Gasteiger partial charge in [0.1, 0.15) is 6.21 Å². The van der Waals surface area contributed by atoms with Crippen molar-refractivity contribution in [3.05, 3.63) is 0 Å². The molecule has 0 atom stereocenters. The summed E-state index contributed by atoms with van der Waals surface area (Å²) in [5.74, 6) is 0.765. The van der Waals surface area contributed by atoms with E-state index < -0.39 is 0 Å². The summed E-state index contributed by atoms with van der Waals surface area (Å²) in [6.07, 6.45) is 2.80. The zero-order valence-electron chi connectivity index (χ0n) is 8.20. The summed E-state index contributed by atoms with van der Waals surface area (Å²) in [6, 6.07) is 0. The van der Waals surface area contributed by atoms with Crippen LogP contribution in [0.5, 0.6) is 0 Å². The normalized spacial score (nSPS) is 12.5. The highest BCUT2D eigenvalue weighted by molar-refractivity contribution is 6.29. The first-order chi connectivity index (χ1) is 5.76. The molecule has 0 bridgehead atoms. The van der Waals surface area contributed by atoms with Gasteiger partial charge < -0.3 is 4.90 Å². The van der Waals surface area contributed by atoms with Gasteiger partial charge >= 0.3 is 0 Å². The van der Waals surface area contributed by atoms with Crippen LogP contribution in [0.2, 0.25) is 0 Å². The molecule has 0 aromatic rings. The van der Waals surface area contributed by atoms with Crippen molar-refractivity contribution >= 4 is 12.1 Å². The van der Waals surface area contributed by atoms with Gasteiger partial charge in [0.05, 0.1) is 0 Å². The molecule has 68 valence electrons. The summed E-state index contributed by atoms with van der Waals surface area (Å²) in [5.41, 5.74) is 0. The van der Waals surface area contributed by atoms with Crippen molar-refractivity contribution < 1.29 is 0 Å². The lowest BCUT2D eigenvalue weighted by atomic mass is 10.5. The molecule has 0 saturated heterocycles. The number of nitrogens with zero attached hydrogens (tertiary/aromatic N) is 4. The van der Waals surface area contributed by atoms with Crippen molar-refractivity contribution in [2.75, 3.05) is 41.3 Å². The Morgan fingerprint density at radius 1 is 1.33 bits per heavy atom. The quantitative estimate of drug-likeness (QED) is 0.422. The zero-order chi connectivity index (χ0) is 9.40. The van der Waals surface area contributed by atoms with Gasteiger partial charge in [0.2, 0.25) is 0 Å². The molecular formula is C8H16N4. The maximum absolute atomic E-state index is 4.03. The average molecular weight is 168 g/mol. The van der Waals surface area contributed by atoms with Crippen molar-refractivity contribution in [3.63, 3.8) is 0 Å². The molecule has 12 heavy (non-hydrogen) atoms. The molecule has 4 heteroatoms. The molecule has 0 aromatic heterocycles. The molecule has 0 fully saturated rings. The summed E-state index contributed by atoms with van der Waals surface area (Å²) >= 11 is 0. The van der Waals surface area contributed by atoms with E-state index in [0.717, 1.165) is 18.9 Å². The molecule has 2 radical (unpaired) electrons. The number of rotatable bonds is 4. The topological polar surface area (TPSA) is 42.1 Å². The van der Waals surface area contributed by atoms with Crippen LogP contribution in [0.15, 0.2) is 9.98 Å². The molecule has 0 aliphatic carbocycles. The Morgan fingerprint density at radius 2 is 2.00 bits per heavy atom. The van der Waals surface area contributed by atoms with Crippen LogP contribution in [-0.2, 0) is 0 Å². The molecule has 0 heterocycles. The Labute approximate surface area is 74.4 Å². The molecule has 0 N–H and O–H groups in total. The standard InChI is InChI=1S/C8H16N4/c1-9-5-6-12(4)8(11-3)7-10-2/h5-6H2,1-4H3. The zero-order valence-corrected chi connectivity index (χ0v) is 8.20. The summed E-state index contributed by atoms with van der Waals surface area (Å²) < 4.78 is 0. The highest BCUT2D eigenvalue weighted by Crippen LogP contribution is 1.84. The molecule has 0 aliphatic rings. The molecule has 0 aliphatic heterocycles. The Hall–Kier alpha value is -0.900. The van der Waals surface area contributed by atoms with Gasteiger partial charge in [-0.1, -0.05) is 0 Å². The van der Waals surface area contributed by atoms with E-state index in [1.54, 1.807) is 21.1 Å². The van der Waals surface area contributed by atoms with Gasteiger partial charge in [-0.05, 0) is 0 Å². The van der Waals surface area contributed by atoms with Gasteiger partial charge in [0.15, 0.2) is 5.84 Å². The molecule has 0 amide bonds. The van der Waals surface area contributed by atoms with Crippen LogP contribution in [0.3, 0.4) is 0 Å². The lowest BCUT2D eigenvalue weighted by Gasteiger charge is -2.16. The number of hydrogen-bond donors (Lipinski definition) is 0. The number of likely N-dealkylation sites (N-methyl/N-ethyl adjacent to an activating group) is 2. The fourth-order valence-corrected chi connectivity index (χ4v) is 0.762. The third-order valence-electron chi connectivity index (χ3n) is 1.44. The Kier molecular flexibility index (Phi) is 6.28. The second-order valence-electron chi connectivity index (χ2n) is 2.34. The van der Waals surface area contributed by atoms with Crippen LogP contribution in [0.1, 0.15) is 0 Å². The summed E-state index contributed by atoms with van der Waals surface area (Å²) in [4.78, 5) is 9.78. The van der Waals surface area contributed by atoms with Crippen molar-refractivity contribution in [2.24, 2.45) is 9.98 Å². The van der Waals surface area contributed by atoms with E-state index in [1.807, 2.05) is 11.9 Å². The Bertz CT molecular complexity index is 162. The van der Waals surface area contributed by atoms with Gasteiger partial charge in [-0.3, -0.25) is 9.98 Å². The molecule has 0 saturated carbocycles. The van der Waals surface area contributed by atoms with Gasteiger partial charge in [-0.2, -0.15) is 0 Å². The van der Waals surface area contributed by atoms with E-state index >= 15 is 0 Å². The number of amidine groups is 1. The molecular weight excluding hydrogens is 152 g/mol.